The molecule has 1 atom stereocenters. The minimum absolute atomic E-state index is 0.195. The van der Waals surface area contributed by atoms with Crippen molar-refractivity contribution in [3.8, 4) is 0 Å². The van der Waals surface area contributed by atoms with Gasteiger partial charge in [-0.2, -0.15) is 11.3 Å². The molecule has 2 rings (SSSR count). The van der Waals surface area contributed by atoms with Crippen LogP contribution in [-0.4, -0.2) is 6.54 Å². The number of hydrogen-bond donors (Lipinski definition) is 1. The van der Waals surface area contributed by atoms with Gasteiger partial charge in [0.25, 0.3) is 0 Å². The number of benzene rings is 1. The molecule has 2 aromatic rings. The van der Waals surface area contributed by atoms with Gasteiger partial charge in [-0.1, -0.05) is 19.1 Å². The van der Waals surface area contributed by atoms with Gasteiger partial charge in [-0.25, -0.2) is 8.78 Å². The fraction of sp³-hybridized carbons (Fsp3) is 0.375. The van der Waals surface area contributed by atoms with Crippen molar-refractivity contribution in [2.75, 3.05) is 6.54 Å². The summed E-state index contributed by atoms with van der Waals surface area (Å²) in [7, 11) is 0. The highest BCUT2D eigenvalue weighted by Gasteiger charge is 2.19. The summed E-state index contributed by atoms with van der Waals surface area (Å²) in [5.74, 6) is -1.47. The van der Waals surface area contributed by atoms with Crippen molar-refractivity contribution in [2.45, 2.75) is 32.7 Å². The summed E-state index contributed by atoms with van der Waals surface area (Å²) in [4.78, 5) is 0. The molecule has 0 saturated heterocycles. The Morgan fingerprint density at radius 2 is 2.00 bits per heavy atom. The summed E-state index contributed by atoms with van der Waals surface area (Å²) in [6.07, 6.45) is 1.62. The molecule has 108 valence electrons. The third kappa shape index (κ3) is 3.44. The molecular weight excluding hydrogens is 276 g/mol. The molecule has 0 saturated carbocycles. The van der Waals surface area contributed by atoms with E-state index >= 15 is 0 Å². The molecule has 0 aliphatic rings. The van der Waals surface area contributed by atoms with Gasteiger partial charge in [0, 0.05) is 11.6 Å². The van der Waals surface area contributed by atoms with Crippen molar-refractivity contribution < 1.29 is 8.78 Å². The number of rotatable bonds is 6. The van der Waals surface area contributed by atoms with E-state index in [2.05, 4.69) is 12.2 Å². The Kier molecular flexibility index (Phi) is 5.26. The van der Waals surface area contributed by atoms with Crippen LogP contribution in [-0.2, 0) is 6.42 Å². The van der Waals surface area contributed by atoms with Crippen LogP contribution in [0.1, 0.15) is 36.1 Å². The molecule has 1 N–H and O–H groups in total. The molecule has 0 spiro atoms. The molecule has 1 aromatic carbocycles. The molecule has 0 aliphatic heterocycles. The number of thiophene rings is 1. The standard InChI is InChI=1S/C16H19F2NS/c1-3-7-19-14(9-12-6-8-20-10-12)13-5-4-11(2)15(17)16(13)18/h4-6,8,10,14,19H,3,7,9H2,1-2H3. The molecule has 1 unspecified atom stereocenters. The van der Waals surface area contributed by atoms with Crippen LogP contribution in [0, 0.1) is 18.6 Å². The lowest BCUT2D eigenvalue weighted by Crippen LogP contribution is -2.25. The molecule has 0 fully saturated rings. The SMILES string of the molecule is CCCNC(Cc1ccsc1)c1ccc(C)c(F)c1F. The Morgan fingerprint density at radius 3 is 2.65 bits per heavy atom. The first-order chi connectivity index (χ1) is 9.63. The number of halogens is 2. The third-order valence-corrected chi connectivity index (χ3v) is 4.07. The van der Waals surface area contributed by atoms with E-state index in [9.17, 15) is 8.78 Å². The van der Waals surface area contributed by atoms with Crippen LogP contribution in [0.15, 0.2) is 29.0 Å². The fourth-order valence-corrected chi connectivity index (χ4v) is 2.87. The topological polar surface area (TPSA) is 12.0 Å². The van der Waals surface area contributed by atoms with Crippen molar-refractivity contribution in [3.05, 3.63) is 57.3 Å². The molecule has 1 aromatic heterocycles. The molecule has 4 heteroatoms. The number of hydrogen-bond acceptors (Lipinski definition) is 2. The summed E-state index contributed by atoms with van der Waals surface area (Å²) in [5.41, 5.74) is 1.90. The van der Waals surface area contributed by atoms with Crippen LogP contribution in [0.2, 0.25) is 0 Å². The maximum Gasteiger partial charge on any atom is 0.163 e. The second-order valence-corrected chi connectivity index (χ2v) is 5.72. The van der Waals surface area contributed by atoms with Gasteiger partial charge in [0.15, 0.2) is 11.6 Å². The van der Waals surface area contributed by atoms with Crippen LogP contribution < -0.4 is 5.32 Å². The van der Waals surface area contributed by atoms with Crippen LogP contribution in [0.5, 0.6) is 0 Å². The van der Waals surface area contributed by atoms with Crippen molar-refractivity contribution in [1.29, 1.82) is 0 Å². The highest BCUT2D eigenvalue weighted by molar-refractivity contribution is 7.07. The first-order valence-corrected chi connectivity index (χ1v) is 7.76. The van der Waals surface area contributed by atoms with Crippen molar-refractivity contribution in [1.82, 2.24) is 5.32 Å². The molecule has 20 heavy (non-hydrogen) atoms. The second-order valence-electron chi connectivity index (χ2n) is 4.94. The Morgan fingerprint density at radius 1 is 1.20 bits per heavy atom. The monoisotopic (exact) mass is 295 g/mol. The molecule has 0 bridgehead atoms. The average Bonchev–Trinajstić information content (AvgIpc) is 2.94. The highest BCUT2D eigenvalue weighted by atomic mass is 32.1. The summed E-state index contributed by atoms with van der Waals surface area (Å²) >= 11 is 1.61. The quantitative estimate of drug-likeness (QED) is 0.820. The van der Waals surface area contributed by atoms with Crippen LogP contribution in [0.3, 0.4) is 0 Å². The first-order valence-electron chi connectivity index (χ1n) is 6.82. The Labute approximate surface area is 122 Å². The van der Waals surface area contributed by atoms with E-state index in [4.69, 9.17) is 0 Å². The smallest absolute Gasteiger partial charge is 0.163 e. The Bertz CT molecular complexity index is 552. The summed E-state index contributed by atoms with van der Waals surface area (Å²) in [6, 6.07) is 5.16. The second kappa shape index (κ2) is 6.95. The maximum atomic E-state index is 14.2. The van der Waals surface area contributed by atoms with Crippen molar-refractivity contribution in [2.24, 2.45) is 0 Å². The van der Waals surface area contributed by atoms with E-state index in [1.165, 1.54) is 0 Å². The number of nitrogens with one attached hydrogen (secondary N) is 1. The van der Waals surface area contributed by atoms with E-state index in [0.29, 0.717) is 17.5 Å². The average molecular weight is 295 g/mol. The van der Waals surface area contributed by atoms with Gasteiger partial charge in [-0.05, 0) is 54.3 Å². The van der Waals surface area contributed by atoms with E-state index in [1.54, 1.807) is 30.4 Å². The summed E-state index contributed by atoms with van der Waals surface area (Å²) in [5, 5.41) is 7.35. The highest BCUT2D eigenvalue weighted by Crippen LogP contribution is 2.25. The zero-order valence-electron chi connectivity index (χ0n) is 11.7. The van der Waals surface area contributed by atoms with E-state index in [0.717, 1.165) is 18.5 Å². The van der Waals surface area contributed by atoms with Crippen LogP contribution in [0.25, 0.3) is 0 Å². The van der Waals surface area contributed by atoms with Gasteiger partial charge in [0.2, 0.25) is 0 Å². The molecule has 0 aliphatic carbocycles. The molecular formula is C16H19F2NS. The lowest BCUT2D eigenvalue weighted by atomic mass is 9.98. The summed E-state index contributed by atoms with van der Waals surface area (Å²) in [6.45, 7) is 4.42. The molecule has 0 amide bonds. The van der Waals surface area contributed by atoms with Crippen LogP contribution >= 0.6 is 11.3 Å². The van der Waals surface area contributed by atoms with Gasteiger partial charge >= 0.3 is 0 Å². The molecule has 1 nitrogen and oxygen atoms in total. The third-order valence-electron chi connectivity index (χ3n) is 3.34. The van der Waals surface area contributed by atoms with Gasteiger partial charge in [0.1, 0.15) is 0 Å². The minimum atomic E-state index is -0.740. The van der Waals surface area contributed by atoms with Gasteiger partial charge in [-0.3, -0.25) is 0 Å². The van der Waals surface area contributed by atoms with E-state index < -0.39 is 11.6 Å². The normalized spacial score (nSPS) is 12.6. The van der Waals surface area contributed by atoms with Gasteiger partial charge < -0.3 is 5.32 Å². The van der Waals surface area contributed by atoms with Gasteiger partial charge in [0.05, 0.1) is 0 Å². The first kappa shape index (κ1) is 15.1. The largest absolute Gasteiger partial charge is 0.310 e. The Hall–Kier alpha value is -1.26. The Balaban J connectivity index is 2.28. The predicted molar refractivity (Wildman–Crippen MR) is 80.2 cm³/mol. The predicted octanol–water partition coefficient (Wildman–Crippen LogP) is 4.62. The maximum absolute atomic E-state index is 14.2. The lowest BCUT2D eigenvalue weighted by molar-refractivity contribution is 0.456. The molecule has 0 radical (unpaired) electrons. The van der Waals surface area contributed by atoms with Gasteiger partial charge in [-0.15, -0.1) is 0 Å². The van der Waals surface area contributed by atoms with E-state index in [1.807, 2.05) is 16.8 Å². The zero-order valence-corrected chi connectivity index (χ0v) is 12.6. The fourth-order valence-electron chi connectivity index (χ4n) is 2.19. The van der Waals surface area contributed by atoms with E-state index in [-0.39, 0.29) is 6.04 Å². The van der Waals surface area contributed by atoms with Crippen molar-refractivity contribution >= 4 is 11.3 Å². The lowest BCUT2D eigenvalue weighted by Gasteiger charge is -2.20. The van der Waals surface area contributed by atoms with Crippen molar-refractivity contribution in [3.63, 3.8) is 0 Å². The summed E-state index contributed by atoms with van der Waals surface area (Å²) < 4.78 is 27.9. The van der Waals surface area contributed by atoms with Crippen LogP contribution in [0.4, 0.5) is 8.78 Å². The molecule has 1 heterocycles. The number of aryl methyl sites for hydroxylation is 1. The zero-order chi connectivity index (χ0) is 14.5. The minimum Gasteiger partial charge on any atom is -0.310 e.